The van der Waals surface area contributed by atoms with Gasteiger partial charge in [-0.05, 0) is 44.9 Å². The lowest BCUT2D eigenvalue weighted by atomic mass is 9.77. The minimum Gasteiger partial charge on any atom is -0.434 e. The lowest BCUT2D eigenvalue weighted by molar-refractivity contribution is -0.131. The van der Waals surface area contributed by atoms with E-state index in [1.165, 1.54) is 31.3 Å². The Balaban J connectivity index is 2.01. The number of ether oxygens (including phenoxy) is 2. The maximum Gasteiger partial charge on any atom is 0.387 e. The average Bonchev–Trinajstić information content (AvgIpc) is 2.95. The van der Waals surface area contributed by atoms with E-state index >= 15 is 0 Å². The van der Waals surface area contributed by atoms with Crippen LogP contribution in [0.2, 0.25) is 0 Å². The van der Waals surface area contributed by atoms with Crippen LogP contribution in [0.25, 0.3) is 0 Å². The number of rotatable bonds is 6. The molecular formula is C22H24F3N3O4. The number of halogens is 3. The van der Waals surface area contributed by atoms with Gasteiger partial charge in [-0.25, -0.2) is 4.39 Å². The fourth-order valence-electron chi connectivity index (χ4n) is 3.90. The molecule has 32 heavy (non-hydrogen) atoms. The van der Waals surface area contributed by atoms with Gasteiger partial charge in [-0.1, -0.05) is 13.0 Å². The lowest BCUT2D eigenvalue weighted by Gasteiger charge is -2.26. The molecule has 2 aromatic rings. The molecule has 7 nitrogen and oxygen atoms in total. The first-order valence-corrected chi connectivity index (χ1v) is 9.90. The number of hydrogen-bond donors (Lipinski definition) is 2. The summed E-state index contributed by atoms with van der Waals surface area (Å²) < 4.78 is 51.0. The standard InChI is InChI=1S/C22H24F3N3O4/c1-10-14(23)6-5-13(17(10)31-21(24)25)16-11(2)22(3,4)32-18(16)20(30)28-12-7-8-27-15(9-12)19(26)29/h5-9,11,16,18,21H,1-4H3,(H2,26,29)(H,27,28,30)/t11-,16-,18-/m1/s1. The van der Waals surface area contributed by atoms with Gasteiger partial charge in [0.15, 0.2) is 0 Å². The molecule has 1 aliphatic heterocycles. The normalized spacial score (nSPS) is 22.1. The Morgan fingerprint density at radius 1 is 1.28 bits per heavy atom. The van der Waals surface area contributed by atoms with E-state index in [0.717, 1.165) is 6.07 Å². The van der Waals surface area contributed by atoms with Gasteiger partial charge < -0.3 is 20.5 Å². The Kier molecular flexibility index (Phi) is 6.45. The number of carbonyl (C=O) groups is 2. The van der Waals surface area contributed by atoms with E-state index < -0.39 is 41.9 Å². The molecule has 0 saturated carbocycles. The van der Waals surface area contributed by atoms with Crippen LogP contribution >= 0.6 is 0 Å². The van der Waals surface area contributed by atoms with Crippen molar-refractivity contribution in [3.63, 3.8) is 0 Å². The molecule has 3 atom stereocenters. The highest BCUT2D eigenvalue weighted by Gasteiger charge is 2.51. The summed E-state index contributed by atoms with van der Waals surface area (Å²) in [6, 6.07) is 5.27. The number of nitrogens with two attached hydrogens (primary N) is 1. The molecule has 0 bridgehead atoms. The second-order valence-electron chi connectivity index (χ2n) is 8.21. The Bertz CT molecular complexity index is 1050. The fraction of sp³-hybridized carbons (Fsp3) is 0.409. The molecule has 172 valence electrons. The van der Waals surface area contributed by atoms with Crippen molar-refractivity contribution in [2.24, 2.45) is 11.7 Å². The summed E-state index contributed by atoms with van der Waals surface area (Å²) in [4.78, 5) is 28.3. The van der Waals surface area contributed by atoms with Crippen LogP contribution in [0.15, 0.2) is 30.5 Å². The predicted octanol–water partition coefficient (Wildman–Crippen LogP) is 3.77. The molecule has 1 aliphatic rings. The predicted molar refractivity (Wildman–Crippen MR) is 110 cm³/mol. The van der Waals surface area contributed by atoms with Gasteiger partial charge in [-0.3, -0.25) is 14.6 Å². The molecule has 10 heteroatoms. The Labute approximate surface area is 183 Å². The summed E-state index contributed by atoms with van der Waals surface area (Å²) in [6.45, 7) is 3.54. The number of pyridine rings is 1. The zero-order valence-electron chi connectivity index (χ0n) is 18.0. The fourth-order valence-corrected chi connectivity index (χ4v) is 3.90. The van der Waals surface area contributed by atoms with E-state index in [1.54, 1.807) is 13.8 Å². The van der Waals surface area contributed by atoms with Crippen molar-refractivity contribution in [1.82, 2.24) is 4.98 Å². The number of primary amides is 1. The van der Waals surface area contributed by atoms with Crippen molar-refractivity contribution in [3.8, 4) is 5.75 Å². The molecule has 2 heterocycles. The van der Waals surface area contributed by atoms with E-state index in [0.29, 0.717) is 0 Å². The third-order valence-corrected chi connectivity index (χ3v) is 5.87. The van der Waals surface area contributed by atoms with Gasteiger partial charge in [0.1, 0.15) is 23.4 Å². The maximum absolute atomic E-state index is 14.1. The van der Waals surface area contributed by atoms with Gasteiger partial charge in [-0.2, -0.15) is 8.78 Å². The van der Waals surface area contributed by atoms with Gasteiger partial charge in [0.05, 0.1) is 5.60 Å². The van der Waals surface area contributed by atoms with Crippen molar-refractivity contribution in [2.45, 2.75) is 51.9 Å². The number of carbonyl (C=O) groups excluding carboxylic acids is 2. The topological polar surface area (TPSA) is 104 Å². The number of hydrogen-bond acceptors (Lipinski definition) is 5. The van der Waals surface area contributed by atoms with Crippen LogP contribution in [-0.2, 0) is 9.53 Å². The SMILES string of the molecule is Cc1c(F)ccc([C@H]2[C@@H](C)C(C)(C)O[C@H]2C(=O)Nc2ccnc(C(N)=O)c2)c1OC(F)F. The summed E-state index contributed by atoms with van der Waals surface area (Å²) in [6.07, 6.45) is 0.211. The summed E-state index contributed by atoms with van der Waals surface area (Å²) >= 11 is 0. The first-order valence-electron chi connectivity index (χ1n) is 9.90. The molecular weight excluding hydrogens is 427 g/mol. The van der Waals surface area contributed by atoms with Crippen LogP contribution in [-0.4, -0.2) is 35.1 Å². The molecule has 2 amide bonds. The number of anilines is 1. The van der Waals surface area contributed by atoms with Crippen molar-refractivity contribution < 1.29 is 32.2 Å². The Morgan fingerprint density at radius 2 is 1.97 bits per heavy atom. The molecule has 0 radical (unpaired) electrons. The quantitative estimate of drug-likeness (QED) is 0.696. The molecule has 0 aliphatic carbocycles. The van der Waals surface area contributed by atoms with Crippen LogP contribution in [0.5, 0.6) is 5.75 Å². The zero-order valence-corrected chi connectivity index (χ0v) is 18.0. The van der Waals surface area contributed by atoms with Gasteiger partial charge in [0.2, 0.25) is 0 Å². The molecule has 1 aromatic carbocycles. The van der Waals surface area contributed by atoms with Gasteiger partial charge in [0.25, 0.3) is 11.8 Å². The summed E-state index contributed by atoms with van der Waals surface area (Å²) in [5, 5.41) is 2.65. The van der Waals surface area contributed by atoms with Gasteiger partial charge in [0, 0.05) is 28.9 Å². The monoisotopic (exact) mass is 451 g/mol. The molecule has 1 saturated heterocycles. The Hall–Kier alpha value is -3.14. The second-order valence-corrected chi connectivity index (χ2v) is 8.21. The number of benzene rings is 1. The number of alkyl halides is 2. The van der Waals surface area contributed by atoms with E-state index in [-0.39, 0.29) is 34.2 Å². The molecule has 3 N–H and O–H groups in total. The minimum atomic E-state index is -3.17. The molecule has 0 unspecified atom stereocenters. The van der Waals surface area contributed by atoms with Crippen molar-refractivity contribution in [1.29, 1.82) is 0 Å². The molecule has 1 aromatic heterocycles. The summed E-state index contributed by atoms with van der Waals surface area (Å²) in [5.74, 6) is -3.37. The van der Waals surface area contributed by atoms with E-state index in [9.17, 15) is 22.8 Å². The molecule has 0 spiro atoms. The average molecular weight is 451 g/mol. The van der Waals surface area contributed by atoms with E-state index in [2.05, 4.69) is 15.0 Å². The largest absolute Gasteiger partial charge is 0.434 e. The molecule has 1 fully saturated rings. The second kappa shape index (κ2) is 8.78. The molecule has 3 rings (SSSR count). The summed E-state index contributed by atoms with van der Waals surface area (Å²) in [7, 11) is 0. The first kappa shape index (κ1) is 23.5. The smallest absolute Gasteiger partial charge is 0.387 e. The maximum atomic E-state index is 14.1. The van der Waals surface area contributed by atoms with Crippen molar-refractivity contribution in [2.75, 3.05) is 5.32 Å². The van der Waals surface area contributed by atoms with E-state index in [4.69, 9.17) is 10.5 Å². The Morgan fingerprint density at radius 3 is 2.59 bits per heavy atom. The number of nitrogens with zero attached hydrogens (tertiary/aromatic N) is 1. The van der Waals surface area contributed by atoms with Crippen LogP contribution in [0.4, 0.5) is 18.9 Å². The van der Waals surface area contributed by atoms with Gasteiger partial charge in [-0.15, -0.1) is 0 Å². The highest BCUT2D eigenvalue weighted by atomic mass is 19.3. The number of nitrogens with one attached hydrogen (secondary N) is 1. The van der Waals surface area contributed by atoms with Crippen molar-refractivity contribution >= 4 is 17.5 Å². The van der Waals surface area contributed by atoms with Crippen molar-refractivity contribution in [3.05, 3.63) is 53.1 Å². The lowest BCUT2D eigenvalue weighted by Crippen LogP contribution is -2.33. The van der Waals surface area contributed by atoms with Gasteiger partial charge >= 0.3 is 6.61 Å². The highest BCUT2D eigenvalue weighted by molar-refractivity contribution is 5.97. The zero-order chi connectivity index (χ0) is 23.8. The van der Waals surface area contributed by atoms with Crippen LogP contribution in [0.1, 0.15) is 48.3 Å². The van der Waals surface area contributed by atoms with Crippen LogP contribution in [0, 0.1) is 18.7 Å². The minimum absolute atomic E-state index is 0.0397. The van der Waals surface area contributed by atoms with E-state index in [1.807, 2.05) is 6.92 Å². The number of aromatic nitrogens is 1. The van der Waals surface area contributed by atoms with Crippen LogP contribution < -0.4 is 15.8 Å². The number of amides is 2. The third kappa shape index (κ3) is 4.55. The summed E-state index contributed by atoms with van der Waals surface area (Å²) in [5.41, 5.74) is 4.81. The third-order valence-electron chi connectivity index (χ3n) is 5.87. The first-order chi connectivity index (χ1) is 14.9. The van der Waals surface area contributed by atoms with Crippen LogP contribution in [0.3, 0.4) is 0 Å². The highest BCUT2D eigenvalue weighted by Crippen LogP contribution is 2.49.